The molecule has 0 radical (unpaired) electrons. The Morgan fingerprint density at radius 3 is 2.42 bits per heavy atom. The SMILES string of the molecule is CC(C)C(NC(=O)c1ccc(NS(=O)(=O)c2cccs2)cc1)c1nc2ccccc2[nH]1. The molecule has 9 heteroatoms. The van der Waals surface area contributed by atoms with E-state index in [0.29, 0.717) is 17.1 Å². The van der Waals surface area contributed by atoms with Gasteiger partial charge < -0.3 is 10.3 Å². The smallest absolute Gasteiger partial charge is 0.271 e. The number of carbonyl (C=O) groups excluding carboxylic acids is 1. The van der Waals surface area contributed by atoms with Gasteiger partial charge in [-0.05, 0) is 53.8 Å². The normalized spacial score (nSPS) is 12.7. The molecule has 1 amide bonds. The molecule has 4 aromatic rings. The Labute approximate surface area is 184 Å². The number of anilines is 1. The lowest BCUT2D eigenvalue weighted by Gasteiger charge is -2.20. The maximum Gasteiger partial charge on any atom is 0.271 e. The summed E-state index contributed by atoms with van der Waals surface area (Å²) in [6.45, 7) is 4.03. The number of nitrogens with zero attached hydrogens (tertiary/aromatic N) is 1. The van der Waals surface area contributed by atoms with Gasteiger partial charge in [-0.3, -0.25) is 9.52 Å². The summed E-state index contributed by atoms with van der Waals surface area (Å²) in [4.78, 5) is 20.7. The second-order valence-electron chi connectivity index (χ2n) is 7.45. The van der Waals surface area contributed by atoms with Crippen LogP contribution in [0.4, 0.5) is 5.69 Å². The number of carbonyl (C=O) groups is 1. The van der Waals surface area contributed by atoms with E-state index in [9.17, 15) is 13.2 Å². The zero-order valence-corrected chi connectivity index (χ0v) is 18.6. The number of H-pyrrole nitrogens is 1. The van der Waals surface area contributed by atoms with E-state index in [4.69, 9.17) is 0 Å². The van der Waals surface area contributed by atoms with Crippen molar-refractivity contribution in [1.82, 2.24) is 15.3 Å². The number of hydrogen-bond donors (Lipinski definition) is 3. The molecule has 0 aliphatic heterocycles. The van der Waals surface area contributed by atoms with E-state index in [1.807, 2.05) is 38.1 Å². The van der Waals surface area contributed by atoms with Gasteiger partial charge >= 0.3 is 0 Å². The van der Waals surface area contributed by atoms with Crippen LogP contribution >= 0.6 is 11.3 Å². The van der Waals surface area contributed by atoms with Crippen LogP contribution in [-0.2, 0) is 10.0 Å². The summed E-state index contributed by atoms with van der Waals surface area (Å²) in [5, 5.41) is 4.73. The molecule has 0 aliphatic rings. The van der Waals surface area contributed by atoms with Crippen molar-refractivity contribution >= 4 is 44.0 Å². The Hall–Kier alpha value is -3.17. The third kappa shape index (κ3) is 4.62. The molecule has 31 heavy (non-hydrogen) atoms. The zero-order valence-electron chi connectivity index (χ0n) is 17.0. The van der Waals surface area contributed by atoms with Crippen LogP contribution < -0.4 is 10.0 Å². The number of benzene rings is 2. The van der Waals surface area contributed by atoms with Crippen molar-refractivity contribution in [3.8, 4) is 0 Å². The molecule has 0 fully saturated rings. The van der Waals surface area contributed by atoms with E-state index in [1.54, 1.807) is 41.8 Å². The number of aromatic amines is 1. The highest BCUT2D eigenvalue weighted by Crippen LogP contribution is 2.24. The molecule has 4 rings (SSSR count). The molecule has 1 atom stereocenters. The molecule has 3 N–H and O–H groups in total. The molecule has 0 saturated carbocycles. The molecule has 0 spiro atoms. The zero-order chi connectivity index (χ0) is 22.0. The Kier molecular flexibility index (Phi) is 5.79. The van der Waals surface area contributed by atoms with E-state index in [1.165, 1.54) is 0 Å². The van der Waals surface area contributed by atoms with Crippen LogP contribution in [0.5, 0.6) is 0 Å². The van der Waals surface area contributed by atoms with E-state index in [-0.39, 0.29) is 22.1 Å². The number of hydrogen-bond acceptors (Lipinski definition) is 5. The number of imidazole rings is 1. The maximum absolute atomic E-state index is 12.8. The van der Waals surface area contributed by atoms with Gasteiger partial charge in [0.1, 0.15) is 10.0 Å². The number of sulfonamides is 1. The van der Waals surface area contributed by atoms with Crippen molar-refractivity contribution in [3.05, 3.63) is 77.4 Å². The topological polar surface area (TPSA) is 104 Å². The van der Waals surface area contributed by atoms with Gasteiger partial charge in [-0.25, -0.2) is 13.4 Å². The number of thiophene rings is 1. The minimum absolute atomic E-state index is 0.112. The minimum atomic E-state index is -3.63. The molecule has 0 aliphatic carbocycles. The van der Waals surface area contributed by atoms with Crippen LogP contribution in [0, 0.1) is 5.92 Å². The fourth-order valence-electron chi connectivity index (χ4n) is 3.21. The Balaban J connectivity index is 1.49. The first-order chi connectivity index (χ1) is 14.8. The lowest BCUT2D eigenvalue weighted by Crippen LogP contribution is -2.32. The van der Waals surface area contributed by atoms with Crippen molar-refractivity contribution in [2.45, 2.75) is 24.1 Å². The van der Waals surface area contributed by atoms with Crippen molar-refractivity contribution < 1.29 is 13.2 Å². The first kappa shape index (κ1) is 21.1. The standard InChI is InChI=1S/C22H22N4O3S2/c1-14(2)20(21-23-17-6-3-4-7-18(17)24-21)25-22(27)15-9-11-16(12-10-15)26-31(28,29)19-8-5-13-30-19/h3-14,20,26H,1-2H3,(H,23,24)(H,25,27). The van der Waals surface area contributed by atoms with Gasteiger partial charge in [-0.2, -0.15) is 0 Å². The molecular formula is C22H22N4O3S2. The fourth-order valence-corrected chi connectivity index (χ4v) is 5.26. The molecule has 1 unspecified atom stereocenters. The summed E-state index contributed by atoms with van der Waals surface area (Å²) < 4.78 is 27.4. The van der Waals surface area contributed by atoms with Gasteiger partial charge in [-0.1, -0.05) is 32.0 Å². The van der Waals surface area contributed by atoms with Crippen LogP contribution in [0.3, 0.4) is 0 Å². The highest BCUT2D eigenvalue weighted by Gasteiger charge is 2.22. The summed E-state index contributed by atoms with van der Waals surface area (Å²) in [6.07, 6.45) is 0. The molecular weight excluding hydrogens is 432 g/mol. The number of aromatic nitrogens is 2. The van der Waals surface area contributed by atoms with Crippen molar-refractivity contribution in [1.29, 1.82) is 0 Å². The average molecular weight is 455 g/mol. The first-order valence-electron chi connectivity index (χ1n) is 9.75. The van der Waals surface area contributed by atoms with E-state index in [2.05, 4.69) is 20.0 Å². The van der Waals surface area contributed by atoms with E-state index in [0.717, 1.165) is 22.4 Å². The lowest BCUT2D eigenvalue weighted by atomic mass is 10.0. The average Bonchev–Trinajstić information content (AvgIpc) is 3.42. The van der Waals surface area contributed by atoms with E-state index >= 15 is 0 Å². The number of nitrogens with one attached hydrogen (secondary N) is 3. The van der Waals surface area contributed by atoms with Gasteiger partial charge in [0.25, 0.3) is 15.9 Å². The van der Waals surface area contributed by atoms with Gasteiger partial charge in [-0.15, -0.1) is 11.3 Å². The third-order valence-corrected chi connectivity index (χ3v) is 7.59. The number of rotatable bonds is 7. The largest absolute Gasteiger partial charge is 0.342 e. The van der Waals surface area contributed by atoms with Crippen molar-refractivity contribution in [2.24, 2.45) is 5.92 Å². The van der Waals surface area contributed by atoms with Crippen LogP contribution in [0.1, 0.15) is 36.1 Å². The number of para-hydroxylation sites is 2. The quantitative estimate of drug-likeness (QED) is 0.381. The monoisotopic (exact) mass is 454 g/mol. The molecule has 7 nitrogen and oxygen atoms in total. The van der Waals surface area contributed by atoms with Crippen molar-refractivity contribution in [2.75, 3.05) is 4.72 Å². The Morgan fingerprint density at radius 1 is 1.03 bits per heavy atom. The van der Waals surface area contributed by atoms with Gasteiger partial charge in [0.05, 0.1) is 17.1 Å². The molecule has 0 saturated heterocycles. The highest BCUT2D eigenvalue weighted by atomic mass is 32.2. The second kappa shape index (κ2) is 8.52. The predicted octanol–water partition coefficient (Wildman–Crippen LogP) is 4.55. The summed E-state index contributed by atoms with van der Waals surface area (Å²) in [5.41, 5.74) is 2.59. The predicted molar refractivity (Wildman–Crippen MR) is 123 cm³/mol. The molecule has 2 heterocycles. The van der Waals surface area contributed by atoms with Crippen LogP contribution in [0.25, 0.3) is 11.0 Å². The molecule has 0 bridgehead atoms. The van der Waals surface area contributed by atoms with Gasteiger partial charge in [0.2, 0.25) is 0 Å². The summed E-state index contributed by atoms with van der Waals surface area (Å²) in [5.74, 6) is 0.554. The summed E-state index contributed by atoms with van der Waals surface area (Å²) >= 11 is 1.14. The molecule has 2 aromatic heterocycles. The minimum Gasteiger partial charge on any atom is -0.342 e. The molecule has 2 aromatic carbocycles. The number of fused-ring (bicyclic) bond motifs is 1. The molecule has 160 valence electrons. The van der Waals surface area contributed by atoms with Crippen molar-refractivity contribution in [3.63, 3.8) is 0 Å². The Bertz CT molecular complexity index is 1260. The highest BCUT2D eigenvalue weighted by molar-refractivity contribution is 7.94. The van der Waals surface area contributed by atoms with Crippen LogP contribution in [0.15, 0.2) is 70.3 Å². The van der Waals surface area contributed by atoms with E-state index < -0.39 is 10.0 Å². The fraction of sp³-hybridized carbons (Fsp3) is 0.182. The second-order valence-corrected chi connectivity index (χ2v) is 10.3. The first-order valence-corrected chi connectivity index (χ1v) is 12.1. The van der Waals surface area contributed by atoms with Gasteiger partial charge in [0.15, 0.2) is 0 Å². The lowest BCUT2D eigenvalue weighted by molar-refractivity contribution is 0.0923. The summed E-state index contributed by atoms with van der Waals surface area (Å²) in [6, 6.07) is 17.0. The number of amides is 1. The van der Waals surface area contributed by atoms with Gasteiger partial charge in [0, 0.05) is 11.3 Å². The van der Waals surface area contributed by atoms with Crippen LogP contribution in [0.2, 0.25) is 0 Å². The maximum atomic E-state index is 12.8. The third-order valence-electron chi connectivity index (χ3n) is 4.81. The van der Waals surface area contributed by atoms with Crippen LogP contribution in [-0.4, -0.2) is 24.3 Å². The summed E-state index contributed by atoms with van der Waals surface area (Å²) in [7, 11) is -3.63. The Morgan fingerprint density at radius 2 is 1.77 bits per heavy atom.